The second kappa shape index (κ2) is 7.85. The van der Waals surface area contributed by atoms with Gasteiger partial charge in [0.1, 0.15) is 5.82 Å². The van der Waals surface area contributed by atoms with Crippen LogP contribution in [0.15, 0.2) is 18.2 Å². The molecule has 0 saturated carbocycles. The van der Waals surface area contributed by atoms with E-state index in [0.717, 1.165) is 0 Å². The van der Waals surface area contributed by atoms with Crippen molar-refractivity contribution in [3.05, 3.63) is 34.6 Å². The van der Waals surface area contributed by atoms with Gasteiger partial charge in [0, 0.05) is 13.1 Å². The molecule has 20 heavy (non-hydrogen) atoms. The Kier molecular flexibility index (Phi) is 6.45. The molecule has 0 aromatic heterocycles. The maximum Gasteiger partial charge on any atom is 0.307 e. The van der Waals surface area contributed by atoms with E-state index in [2.05, 4.69) is 0 Å². The predicted molar refractivity (Wildman–Crippen MR) is 74.2 cm³/mol. The van der Waals surface area contributed by atoms with Gasteiger partial charge in [-0.3, -0.25) is 9.59 Å². The van der Waals surface area contributed by atoms with Crippen LogP contribution >= 0.6 is 11.6 Å². The van der Waals surface area contributed by atoms with Crippen molar-refractivity contribution in [1.82, 2.24) is 4.90 Å². The first kappa shape index (κ1) is 16.4. The summed E-state index contributed by atoms with van der Waals surface area (Å²) in [6.45, 7) is 4.26. The summed E-state index contributed by atoms with van der Waals surface area (Å²) >= 11 is 5.86. The first-order valence-corrected chi connectivity index (χ1v) is 6.77. The van der Waals surface area contributed by atoms with E-state index in [1.54, 1.807) is 13.8 Å². The third-order valence-electron chi connectivity index (χ3n) is 2.74. The lowest BCUT2D eigenvalue weighted by Crippen LogP contribution is -2.33. The SMILES string of the molecule is CCOC(=O)CCN(CC)C(=O)c1c(F)cccc1Cl. The van der Waals surface area contributed by atoms with Gasteiger partial charge in [-0.15, -0.1) is 0 Å². The summed E-state index contributed by atoms with van der Waals surface area (Å²) in [6, 6.07) is 4.07. The van der Waals surface area contributed by atoms with Gasteiger partial charge in [-0.2, -0.15) is 0 Å². The normalized spacial score (nSPS) is 10.2. The zero-order chi connectivity index (χ0) is 15.1. The van der Waals surface area contributed by atoms with Gasteiger partial charge in [-0.25, -0.2) is 4.39 Å². The summed E-state index contributed by atoms with van der Waals surface area (Å²) in [5.74, 6) is -1.59. The van der Waals surface area contributed by atoms with Crippen LogP contribution < -0.4 is 0 Å². The molecule has 0 atom stereocenters. The number of nitrogens with zero attached hydrogens (tertiary/aromatic N) is 1. The Bertz CT molecular complexity index is 473. The van der Waals surface area contributed by atoms with Crippen molar-refractivity contribution in [2.45, 2.75) is 20.3 Å². The van der Waals surface area contributed by atoms with Gasteiger partial charge in [0.2, 0.25) is 0 Å². The monoisotopic (exact) mass is 301 g/mol. The van der Waals surface area contributed by atoms with Crippen LogP contribution in [-0.2, 0) is 9.53 Å². The fourth-order valence-corrected chi connectivity index (χ4v) is 1.97. The molecule has 0 bridgehead atoms. The van der Waals surface area contributed by atoms with E-state index in [0.29, 0.717) is 6.54 Å². The molecule has 0 aliphatic carbocycles. The van der Waals surface area contributed by atoms with Crippen LogP contribution in [0.5, 0.6) is 0 Å². The van der Waals surface area contributed by atoms with Crippen molar-refractivity contribution in [2.24, 2.45) is 0 Å². The predicted octanol–water partition coefficient (Wildman–Crippen LogP) is 2.89. The number of ether oxygens (including phenoxy) is 1. The Hall–Kier alpha value is -1.62. The van der Waals surface area contributed by atoms with Crippen LogP contribution in [0.3, 0.4) is 0 Å². The largest absolute Gasteiger partial charge is 0.466 e. The number of benzene rings is 1. The maximum absolute atomic E-state index is 13.7. The highest BCUT2D eigenvalue weighted by molar-refractivity contribution is 6.33. The summed E-state index contributed by atoms with van der Waals surface area (Å²) in [7, 11) is 0. The summed E-state index contributed by atoms with van der Waals surface area (Å²) < 4.78 is 18.5. The molecule has 0 unspecified atom stereocenters. The van der Waals surface area contributed by atoms with Crippen LogP contribution in [0.25, 0.3) is 0 Å². The standard InChI is InChI=1S/C14H17ClFNO3/c1-3-17(9-8-12(18)20-4-2)14(19)13-10(15)6-5-7-11(13)16/h5-7H,3-4,8-9H2,1-2H3. The van der Waals surface area contributed by atoms with E-state index in [1.165, 1.54) is 23.1 Å². The van der Waals surface area contributed by atoms with E-state index in [-0.39, 0.29) is 30.2 Å². The van der Waals surface area contributed by atoms with Crippen molar-refractivity contribution >= 4 is 23.5 Å². The van der Waals surface area contributed by atoms with Crippen LogP contribution in [-0.4, -0.2) is 36.5 Å². The van der Waals surface area contributed by atoms with Crippen LogP contribution in [0.1, 0.15) is 30.6 Å². The zero-order valence-electron chi connectivity index (χ0n) is 11.5. The molecule has 110 valence electrons. The molecular formula is C14H17ClFNO3. The lowest BCUT2D eigenvalue weighted by Gasteiger charge is -2.21. The Morgan fingerprint density at radius 2 is 2.05 bits per heavy atom. The number of halogens is 2. The molecule has 0 saturated heterocycles. The molecule has 0 heterocycles. The van der Waals surface area contributed by atoms with Gasteiger partial charge in [0.25, 0.3) is 5.91 Å². The van der Waals surface area contributed by atoms with Crippen molar-refractivity contribution in [1.29, 1.82) is 0 Å². The van der Waals surface area contributed by atoms with Crippen molar-refractivity contribution in [3.8, 4) is 0 Å². The highest BCUT2D eigenvalue weighted by Crippen LogP contribution is 2.20. The fourth-order valence-electron chi connectivity index (χ4n) is 1.72. The second-order valence-corrected chi connectivity index (χ2v) is 4.44. The lowest BCUT2D eigenvalue weighted by molar-refractivity contribution is -0.143. The molecule has 1 aromatic carbocycles. The highest BCUT2D eigenvalue weighted by atomic mass is 35.5. The van der Waals surface area contributed by atoms with E-state index in [4.69, 9.17) is 16.3 Å². The van der Waals surface area contributed by atoms with Crippen LogP contribution in [0, 0.1) is 5.82 Å². The number of hydrogen-bond donors (Lipinski definition) is 0. The summed E-state index contributed by atoms with van der Waals surface area (Å²) in [4.78, 5) is 24.9. The van der Waals surface area contributed by atoms with E-state index >= 15 is 0 Å². The molecule has 0 radical (unpaired) electrons. The fraction of sp³-hybridized carbons (Fsp3) is 0.429. The molecule has 4 nitrogen and oxygen atoms in total. The molecular weight excluding hydrogens is 285 g/mol. The van der Waals surface area contributed by atoms with Crippen molar-refractivity contribution < 1.29 is 18.7 Å². The van der Waals surface area contributed by atoms with Crippen molar-refractivity contribution in [3.63, 3.8) is 0 Å². The number of rotatable bonds is 6. The van der Waals surface area contributed by atoms with Gasteiger partial charge in [0.15, 0.2) is 0 Å². The topological polar surface area (TPSA) is 46.6 Å². The van der Waals surface area contributed by atoms with Gasteiger partial charge in [-0.1, -0.05) is 17.7 Å². The maximum atomic E-state index is 13.7. The molecule has 1 rings (SSSR count). The minimum atomic E-state index is -0.669. The molecule has 0 spiro atoms. The second-order valence-electron chi connectivity index (χ2n) is 4.04. The average Bonchev–Trinajstić information content (AvgIpc) is 2.39. The van der Waals surface area contributed by atoms with Gasteiger partial charge in [-0.05, 0) is 26.0 Å². The first-order chi connectivity index (χ1) is 9.51. The molecule has 0 aliphatic heterocycles. The molecule has 0 N–H and O–H groups in total. The zero-order valence-corrected chi connectivity index (χ0v) is 12.2. The molecule has 6 heteroatoms. The van der Waals surface area contributed by atoms with Gasteiger partial charge in [0.05, 0.1) is 23.6 Å². The third-order valence-corrected chi connectivity index (χ3v) is 3.05. The van der Waals surface area contributed by atoms with Crippen molar-refractivity contribution in [2.75, 3.05) is 19.7 Å². The minimum Gasteiger partial charge on any atom is -0.466 e. The Balaban J connectivity index is 2.79. The number of carbonyl (C=O) groups is 2. The lowest BCUT2D eigenvalue weighted by atomic mass is 10.1. The summed E-state index contributed by atoms with van der Waals surface area (Å²) in [5.41, 5.74) is -0.167. The Morgan fingerprint density at radius 1 is 1.35 bits per heavy atom. The van der Waals surface area contributed by atoms with Crippen LogP contribution in [0.4, 0.5) is 4.39 Å². The Morgan fingerprint density at radius 3 is 2.60 bits per heavy atom. The van der Waals surface area contributed by atoms with Crippen LogP contribution in [0.2, 0.25) is 5.02 Å². The average molecular weight is 302 g/mol. The van der Waals surface area contributed by atoms with E-state index in [1.807, 2.05) is 0 Å². The quantitative estimate of drug-likeness (QED) is 0.759. The summed E-state index contributed by atoms with van der Waals surface area (Å²) in [5, 5.41) is 0.0598. The molecule has 1 aromatic rings. The summed E-state index contributed by atoms with van der Waals surface area (Å²) in [6.07, 6.45) is 0.0689. The molecule has 0 aliphatic rings. The van der Waals surface area contributed by atoms with E-state index < -0.39 is 17.7 Å². The first-order valence-electron chi connectivity index (χ1n) is 6.40. The highest BCUT2D eigenvalue weighted by Gasteiger charge is 2.21. The Labute approximate surface area is 122 Å². The minimum absolute atomic E-state index is 0.0598. The third kappa shape index (κ3) is 4.20. The number of esters is 1. The van der Waals surface area contributed by atoms with Gasteiger partial charge < -0.3 is 9.64 Å². The van der Waals surface area contributed by atoms with E-state index in [9.17, 15) is 14.0 Å². The van der Waals surface area contributed by atoms with Gasteiger partial charge >= 0.3 is 5.97 Å². The number of amides is 1. The number of carbonyl (C=O) groups excluding carboxylic acids is 2. The molecule has 0 fully saturated rings. The smallest absolute Gasteiger partial charge is 0.307 e. The molecule has 1 amide bonds. The number of hydrogen-bond acceptors (Lipinski definition) is 3.